The van der Waals surface area contributed by atoms with Gasteiger partial charge in [0.15, 0.2) is 0 Å². The minimum Gasteiger partial charge on any atom is -0.346 e. The topological polar surface area (TPSA) is 46.9 Å². The molecule has 0 bridgehead atoms. The molecule has 0 aliphatic heterocycles. The molecule has 0 aliphatic carbocycles. The Morgan fingerprint density at radius 2 is 2.28 bits per heavy atom. The van der Waals surface area contributed by atoms with Crippen LogP contribution in [-0.2, 0) is 13.6 Å². The third kappa shape index (κ3) is 2.89. The number of nitrogens with one attached hydrogen (secondary N) is 1. The molecule has 1 N–H and O–H groups in total. The second kappa shape index (κ2) is 5.22. The van der Waals surface area contributed by atoms with Crippen LogP contribution in [0.25, 0.3) is 0 Å². The van der Waals surface area contributed by atoms with E-state index >= 15 is 0 Å². The Balaban J connectivity index is 2.05. The van der Waals surface area contributed by atoms with Crippen LogP contribution < -0.4 is 5.32 Å². The summed E-state index contributed by atoms with van der Waals surface area (Å²) in [5.41, 5.74) is 0.701. The standard InChI is InChI=1S/C12H12FN3OS/c1-16-5-4-8(15-16)7-14-12(17)10-6-9(18)2-3-11(10)13/h2-6,18H,7H2,1H3,(H,14,17). The summed E-state index contributed by atoms with van der Waals surface area (Å²) in [7, 11) is 1.79. The Labute approximate surface area is 109 Å². The maximum absolute atomic E-state index is 13.4. The summed E-state index contributed by atoms with van der Waals surface area (Å²) >= 11 is 4.08. The average Bonchev–Trinajstić information content (AvgIpc) is 2.75. The average molecular weight is 265 g/mol. The van der Waals surface area contributed by atoms with Crippen molar-refractivity contribution in [2.45, 2.75) is 11.4 Å². The van der Waals surface area contributed by atoms with Crippen LogP contribution in [0.2, 0.25) is 0 Å². The van der Waals surface area contributed by atoms with Gasteiger partial charge in [-0.05, 0) is 24.3 Å². The number of rotatable bonds is 3. The summed E-state index contributed by atoms with van der Waals surface area (Å²) in [5.74, 6) is -1.04. The highest BCUT2D eigenvalue weighted by Crippen LogP contribution is 2.13. The Morgan fingerprint density at radius 3 is 2.94 bits per heavy atom. The monoisotopic (exact) mass is 265 g/mol. The number of carbonyl (C=O) groups excluding carboxylic acids is 1. The Hall–Kier alpha value is -1.82. The first kappa shape index (κ1) is 12.6. The number of carbonyl (C=O) groups is 1. The number of halogens is 1. The Kier molecular flexibility index (Phi) is 3.66. The Bertz CT molecular complexity index is 582. The normalized spacial score (nSPS) is 10.4. The zero-order valence-corrected chi connectivity index (χ0v) is 10.6. The first-order valence-corrected chi connectivity index (χ1v) is 5.76. The van der Waals surface area contributed by atoms with Gasteiger partial charge in [0.2, 0.25) is 0 Å². The Morgan fingerprint density at radius 1 is 1.50 bits per heavy atom. The van der Waals surface area contributed by atoms with E-state index < -0.39 is 11.7 Å². The van der Waals surface area contributed by atoms with Crippen LogP contribution in [0.3, 0.4) is 0 Å². The fourth-order valence-corrected chi connectivity index (χ4v) is 1.71. The molecule has 0 saturated carbocycles. The third-order valence-corrected chi connectivity index (χ3v) is 2.67. The molecule has 0 spiro atoms. The number of nitrogens with zero attached hydrogens (tertiary/aromatic N) is 2. The summed E-state index contributed by atoms with van der Waals surface area (Å²) in [6, 6.07) is 5.89. The van der Waals surface area contributed by atoms with Crippen molar-refractivity contribution < 1.29 is 9.18 Å². The summed E-state index contributed by atoms with van der Waals surface area (Å²) in [4.78, 5) is 12.3. The maximum Gasteiger partial charge on any atom is 0.254 e. The summed E-state index contributed by atoms with van der Waals surface area (Å²) < 4.78 is 15.1. The van der Waals surface area contributed by atoms with Gasteiger partial charge in [0.1, 0.15) is 5.82 Å². The molecule has 1 aromatic heterocycles. The van der Waals surface area contributed by atoms with Gasteiger partial charge in [0.05, 0.1) is 17.8 Å². The second-order valence-corrected chi connectivity index (χ2v) is 4.34. The fraction of sp³-hybridized carbons (Fsp3) is 0.167. The molecule has 2 aromatic rings. The molecule has 1 amide bonds. The van der Waals surface area contributed by atoms with E-state index in [4.69, 9.17) is 0 Å². The lowest BCUT2D eigenvalue weighted by atomic mass is 10.2. The minimum absolute atomic E-state index is 0.0153. The summed E-state index contributed by atoms with van der Waals surface area (Å²) in [6.45, 7) is 0.260. The van der Waals surface area contributed by atoms with Gasteiger partial charge in [-0.1, -0.05) is 0 Å². The molecule has 18 heavy (non-hydrogen) atoms. The van der Waals surface area contributed by atoms with Crippen molar-refractivity contribution in [2.24, 2.45) is 7.05 Å². The number of hydrogen-bond acceptors (Lipinski definition) is 3. The van der Waals surface area contributed by atoms with Crippen LogP contribution in [0.1, 0.15) is 16.1 Å². The van der Waals surface area contributed by atoms with E-state index in [1.807, 2.05) is 0 Å². The molecule has 0 saturated heterocycles. The molecule has 0 aliphatic rings. The van der Waals surface area contributed by atoms with Crippen LogP contribution in [0.5, 0.6) is 0 Å². The second-order valence-electron chi connectivity index (χ2n) is 3.83. The predicted octanol–water partition coefficient (Wildman–Crippen LogP) is 1.78. The molecule has 4 nitrogen and oxygen atoms in total. The lowest BCUT2D eigenvalue weighted by Crippen LogP contribution is -2.24. The minimum atomic E-state index is -0.564. The highest BCUT2D eigenvalue weighted by Gasteiger charge is 2.11. The number of aryl methyl sites for hydroxylation is 1. The van der Waals surface area contributed by atoms with Crippen LogP contribution in [0.15, 0.2) is 35.4 Å². The molecular formula is C12H12FN3OS. The van der Waals surface area contributed by atoms with E-state index in [0.29, 0.717) is 10.6 Å². The smallest absolute Gasteiger partial charge is 0.254 e. The van der Waals surface area contributed by atoms with Gasteiger partial charge >= 0.3 is 0 Å². The number of benzene rings is 1. The lowest BCUT2D eigenvalue weighted by molar-refractivity contribution is 0.0946. The first-order chi connectivity index (χ1) is 8.56. The van der Waals surface area contributed by atoms with Crippen molar-refractivity contribution in [3.63, 3.8) is 0 Å². The van der Waals surface area contributed by atoms with Crippen molar-refractivity contribution in [1.82, 2.24) is 15.1 Å². The number of aromatic nitrogens is 2. The first-order valence-electron chi connectivity index (χ1n) is 5.31. The van der Waals surface area contributed by atoms with Crippen LogP contribution in [0, 0.1) is 5.82 Å². The molecule has 0 unspecified atom stereocenters. The molecule has 0 fully saturated rings. The maximum atomic E-state index is 13.4. The van der Waals surface area contributed by atoms with Crippen LogP contribution in [-0.4, -0.2) is 15.7 Å². The zero-order valence-electron chi connectivity index (χ0n) is 9.72. The van der Waals surface area contributed by atoms with Gasteiger partial charge in [0.25, 0.3) is 5.91 Å². The van der Waals surface area contributed by atoms with E-state index in [1.54, 1.807) is 24.0 Å². The largest absolute Gasteiger partial charge is 0.346 e. The van der Waals surface area contributed by atoms with Crippen LogP contribution in [0.4, 0.5) is 4.39 Å². The molecule has 0 atom stereocenters. The van der Waals surface area contributed by atoms with Crippen molar-refractivity contribution in [3.05, 3.63) is 47.5 Å². The molecule has 94 valence electrons. The fourth-order valence-electron chi connectivity index (χ4n) is 1.51. The van der Waals surface area contributed by atoms with Crippen molar-refractivity contribution in [3.8, 4) is 0 Å². The molecule has 2 rings (SSSR count). The highest BCUT2D eigenvalue weighted by atomic mass is 32.1. The number of hydrogen-bond donors (Lipinski definition) is 2. The predicted molar refractivity (Wildman–Crippen MR) is 68.0 cm³/mol. The van der Waals surface area contributed by atoms with Gasteiger partial charge in [-0.2, -0.15) is 5.10 Å². The molecule has 1 aromatic carbocycles. The summed E-state index contributed by atoms with van der Waals surface area (Å²) in [5, 5.41) is 6.72. The van der Waals surface area contributed by atoms with Crippen molar-refractivity contribution in [2.75, 3.05) is 0 Å². The van der Waals surface area contributed by atoms with E-state index in [1.165, 1.54) is 18.2 Å². The van der Waals surface area contributed by atoms with Gasteiger partial charge in [-0.25, -0.2) is 4.39 Å². The van der Waals surface area contributed by atoms with Gasteiger partial charge in [0, 0.05) is 18.1 Å². The third-order valence-electron chi connectivity index (χ3n) is 2.39. The zero-order chi connectivity index (χ0) is 13.1. The van der Waals surface area contributed by atoms with Crippen molar-refractivity contribution in [1.29, 1.82) is 0 Å². The molecule has 6 heteroatoms. The van der Waals surface area contributed by atoms with E-state index in [0.717, 1.165) is 0 Å². The van der Waals surface area contributed by atoms with E-state index in [-0.39, 0.29) is 12.1 Å². The molecule has 1 heterocycles. The van der Waals surface area contributed by atoms with Crippen LogP contribution >= 0.6 is 12.6 Å². The quantitative estimate of drug-likeness (QED) is 0.831. The lowest BCUT2D eigenvalue weighted by Gasteiger charge is -2.05. The molecule has 0 radical (unpaired) electrons. The van der Waals surface area contributed by atoms with Gasteiger partial charge < -0.3 is 5.32 Å². The SMILES string of the molecule is Cn1ccc(CNC(=O)c2cc(S)ccc2F)n1. The van der Waals surface area contributed by atoms with Gasteiger partial charge in [-0.15, -0.1) is 12.6 Å². The van der Waals surface area contributed by atoms with Gasteiger partial charge in [-0.3, -0.25) is 9.48 Å². The van der Waals surface area contributed by atoms with Crippen molar-refractivity contribution >= 4 is 18.5 Å². The highest BCUT2D eigenvalue weighted by molar-refractivity contribution is 7.80. The van der Waals surface area contributed by atoms with E-state index in [2.05, 4.69) is 23.0 Å². The summed E-state index contributed by atoms with van der Waals surface area (Å²) in [6.07, 6.45) is 1.77. The van der Waals surface area contributed by atoms with E-state index in [9.17, 15) is 9.18 Å². The number of amides is 1. The molecular weight excluding hydrogens is 253 g/mol. The number of thiol groups is 1.